The number of alkyl carbamates (subject to hydrolysis) is 1. The first-order chi connectivity index (χ1) is 10.6. The molecule has 0 fully saturated rings. The van der Waals surface area contributed by atoms with Crippen molar-refractivity contribution in [3.05, 3.63) is 0 Å². The molecule has 0 aromatic heterocycles. The highest BCUT2D eigenvalue weighted by molar-refractivity contribution is 5.85. The maximum Gasteiger partial charge on any atom is 0.515 e. The monoisotopic (exact) mass is 328 g/mol. The lowest BCUT2D eigenvalue weighted by Gasteiger charge is -2.21. The van der Waals surface area contributed by atoms with Crippen LogP contribution in [-0.4, -0.2) is 49.6 Å². The molecule has 0 aromatic carbocycles. The van der Waals surface area contributed by atoms with Crippen LogP contribution in [0.5, 0.6) is 0 Å². The van der Waals surface area contributed by atoms with E-state index in [0.717, 1.165) is 7.11 Å². The Morgan fingerprint density at radius 3 is 2.35 bits per heavy atom. The Kier molecular flexibility index (Phi) is 8.73. The fourth-order valence-corrected chi connectivity index (χ4v) is 1.43. The number of nitrogens with one attached hydrogen (secondary N) is 2. The first-order valence-electron chi connectivity index (χ1n) is 7.07. The topological polar surface area (TPSA) is 103 Å². The summed E-state index contributed by atoms with van der Waals surface area (Å²) in [5.41, 5.74) is -0.583. The molecule has 1 unspecified atom stereocenters. The highest BCUT2D eigenvalue weighted by atomic mass is 16.7. The molecule has 0 spiro atoms. The Hall–Kier alpha value is -2.27. The molecule has 8 heteroatoms. The summed E-state index contributed by atoms with van der Waals surface area (Å²) in [6.45, 7) is 7.03. The molecule has 2 atom stereocenters. The van der Waals surface area contributed by atoms with Gasteiger partial charge in [0.1, 0.15) is 11.6 Å². The summed E-state index contributed by atoms with van der Waals surface area (Å²) in [4.78, 5) is 33.9. The standard InChI is InChI=1S/C15H24N2O6/c1-7-11(8-9-16-13(19)23-15(3,4)5)17-10(2)12(18)22-14(20)21-6/h1,10-11,17H,8-9H2,2-6H3,(H,16,19)/t10?,11-/m1/s1. The van der Waals surface area contributed by atoms with Crippen LogP contribution in [0, 0.1) is 12.3 Å². The molecule has 130 valence electrons. The van der Waals surface area contributed by atoms with Crippen molar-refractivity contribution in [1.82, 2.24) is 10.6 Å². The minimum Gasteiger partial charge on any atom is -0.444 e. The van der Waals surface area contributed by atoms with Crippen LogP contribution in [0.15, 0.2) is 0 Å². The van der Waals surface area contributed by atoms with Gasteiger partial charge in [0, 0.05) is 6.54 Å². The molecular formula is C15H24N2O6. The Balaban J connectivity index is 4.21. The largest absolute Gasteiger partial charge is 0.515 e. The SMILES string of the molecule is C#C[C@H](CCNC(=O)OC(C)(C)C)NC(C)C(=O)OC(=O)OC. The van der Waals surface area contributed by atoms with Gasteiger partial charge in [-0.05, 0) is 34.1 Å². The Morgan fingerprint density at radius 1 is 1.26 bits per heavy atom. The predicted octanol–water partition coefficient (Wildman–Crippen LogP) is 1.19. The van der Waals surface area contributed by atoms with Gasteiger partial charge in [0.15, 0.2) is 0 Å². The molecule has 0 aromatic rings. The van der Waals surface area contributed by atoms with Crippen LogP contribution in [-0.2, 0) is 19.0 Å². The molecule has 0 aliphatic rings. The van der Waals surface area contributed by atoms with Gasteiger partial charge in [-0.15, -0.1) is 6.42 Å². The van der Waals surface area contributed by atoms with Gasteiger partial charge in [0.05, 0.1) is 13.2 Å². The van der Waals surface area contributed by atoms with Crippen molar-refractivity contribution < 1.29 is 28.6 Å². The number of esters is 1. The van der Waals surface area contributed by atoms with Crippen LogP contribution in [0.25, 0.3) is 0 Å². The van der Waals surface area contributed by atoms with E-state index >= 15 is 0 Å². The predicted molar refractivity (Wildman–Crippen MR) is 82.6 cm³/mol. The van der Waals surface area contributed by atoms with Gasteiger partial charge < -0.3 is 19.5 Å². The number of hydrogen-bond donors (Lipinski definition) is 2. The molecule has 0 radical (unpaired) electrons. The molecular weight excluding hydrogens is 304 g/mol. The summed E-state index contributed by atoms with van der Waals surface area (Å²) in [6.07, 6.45) is 4.09. The Morgan fingerprint density at radius 2 is 1.87 bits per heavy atom. The highest BCUT2D eigenvalue weighted by Gasteiger charge is 2.21. The molecule has 0 bridgehead atoms. The van der Waals surface area contributed by atoms with Crippen molar-refractivity contribution in [2.75, 3.05) is 13.7 Å². The van der Waals surface area contributed by atoms with Crippen molar-refractivity contribution in [3.63, 3.8) is 0 Å². The van der Waals surface area contributed by atoms with Crippen LogP contribution in [0.1, 0.15) is 34.1 Å². The number of carbonyl (C=O) groups is 3. The first-order valence-corrected chi connectivity index (χ1v) is 7.07. The fraction of sp³-hybridized carbons (Fsp3) is 0.667. The minimum atomic E-state index is -1.09. The summed E-state index contributed by atoms with van der Waals surface area (Å²) >= 11 is 0. The summed E-state index contributed by atoms with van der Waals surface area (Å²) in [5.74, 6) is 1.64. The van der Waals surface area contributed by atoms with E-state index in [1.54, 1.807) is 20.8 Å². The van der Waals surface area contributed by atoms with E-state index in [1.165, 1.54) is 6.92 Å². The third-order valence-corrected chi connectivity index (χ3v) is 2.46. The van der Waals surface area contributed by atoms with Gasteiger partial charge in [0.25, 0.3) is 0 Å². The lowest BCUT2D eigenvalue weighted by atomic mass is 10.2. The molecule has 1 amide bonds. The third kappa shape index (κ3) is 10.1. The van der Waals surface area contributed by atoms with Crippen LogP contribution in [0.4, 0.5) is 9.59 Å². The van der Waals surface area contributed by atoms with Crippen molar-refractivity contribution in [3.8, 4) is 12.3 Å². The number of rotatable bonds is 6. The second-order valence-electron chi connectivity index (χ2n) is 5.70. The van der Waals surface area contributed by atoms with E-state index in [1.807, 2.05) is 0 Å². The fourth-order valence-electron chi connectivity index (χ4n) is 1.43. The zero-order valence-corrected chi connectivity index (χ0v) is 14.1. The summed E-state index contributed by atoms with van der Waals surface area (Å²) in [5, 5.41) is 5.37. The van der Waals surface area contributed by atoms with Crippen LogP contribution < -0.4 is 10.6 Å². The van der Waals surface area contributed by atoms with Crippen molar-refractivity contribution >= 4 is 18.2 Å². The molecule has 8 nitrogen and oxygen atoms in total. The Labute approximate surface area is 136 Å². The third-order valence-electron chi connectivity index (χ3n) is 2.46. The number of carbonyl (C=O) groups excluding carboxylic acids is 3. The van der Waals surface area contributed by atoms with E-state index < -0.39 is 35.9 Å². The lowest BCUT2D eigenvalue weighted by Crippen LogP contribution is -2.44. The van der Waals surface area contributed by atoms with Crippen LogP contribution in [0.2, 0.25) is 0 Å². The molecule has 2 N–H and O–H groups in total. The van der Waals surface area contributed by atoms with Crippen molar-refractivity contribution in [2.24, 2.45) is 0 Å². The zero-order chi connectivity index (χ0) is 18.0. The summed E-state index contributed by atoms with van der Waals surface area (Å²) in [7, 11) is 1.10. The second kappa shape index (κ2) is 9.69. The summed E-state index contributed by atoms with van der Waals surface area (Å²) < 4.78 is 13.7. The van der Waals surface area contributed by atoms with Gasteiger partial charge in [-0.2, -0.15) is 0 Å². The second-order valence-corrected chi connectivity index (χ2v) is 5.70. The minimum absolute atomic E-state index is 0.259. The number of hydrogen-bond acceptors (Lipinski definition) is 7. The molecule has 0 aliphatic heterocycles. The normalized spacial score (nSPS) is 13.2. The Bertz CT molecular complexity index is 464. The van der Waals surface area contributed by atoms with Gasteiger partial charge >= 0.3 is 18.2 Å². The quantitative estimate of drug-likeness (QED) is 0.429. The maximum absolute atomic E-state index is 11.6. The molecule has 0 aliphatic carbocycles. The van der Waals surface area contributed by atoms with Gasteiger partial charge in [-0.25, -0.2) is 14.4 Å². The first kappa shape index (κ1) is 20.7. The number of methoxy groups -OCH3 is 1. The zero-order valence-electron chi connectivity index (χ0n) is 14.1. The lowest BCUT2D eigenvalue weighted by molar-refractivity contribution is -0.141. The van der Waals surface area contributed by atoms with E-state index in [4.69, 9.17) is 11.2 Å². The number of ether oxygens (including phenoxy) is 3. The van der Waals surface area contributed by atoms with Gasteiger partial charge in [-0.1, -0.05) is 5.92 Å². The average molecular weight is 328 g/mol. The maximum atomic E-state index is 11.6. The van der Waals surface area contributed by atoms with Gasteiger partial charge in [-0.3, -0.25) is 5.32 Å². The van der Waals surface area contributed by atoms with Crippen molar-refractivity contribution in [2.45, 2.75) is 51.8 Å². The van der Waals surface area contributed by atoms with Crippen LogP contribution in [0.3, 0.4) is 0 Å². The van der Waals surface area contributed by atoms with E-state index in [2.05, 4.69) is 26.0 Å². The number of terminal acetylenes is 1. The average Bonchev–Trinajstić information content (AvgIpc) is 2.43. The van der Waals surface area contributed by atoms with Crippen molar-refractivity contribution in [1.29, 1.82) is 0 Å². The summed E-state index contributed by atoms with van der Waals surface area (Å²) in [6, 6.07) is -1.30. The molecule has 0 saturated heterocycles. The smallest absolute Gasteiger partial charge is 0.444 e. The van der Waals surface area contributed by atoms with Gasteiger partial charge in [0.2, 0.25) is 0 Å². The molecule has 23 heavy (non-hydrogen) atoms. The molecule has 0 heterocycles. The number of amides is 1. The molecule has 0 rings (SSSR count). The molecule has 0 saturated carbocycles. The van der Waals surface area contributed by atoms with Crippen LogP contribution >= 0.6 is 0 Å². The highest BCUT2D eigenvalue weighted by Crippen LogP contribution is 2.06. The van der Waals surface area contributed by atoms with E-state index in [9.17, 15) is 14.4 Å². The van der Waals surface area contributed by atoms with E-state index in [0.29, 0.717) is 6.42 Å². The van der Waals surface area contributed by atoms with E-state index in [-0.39, 0.29) is 6.54 Å².